The first-order valence-electron chi connectivity index (χ1n) is 8.04. The van der Waals surface area contributed by atoms with Crippen molar-refractivity contribution in [1.29, 1.82) is 0 Å². The molecule has 0 fully saturated rings. The highest BCUT2D eigenvalue weighted by molar-refractivity contribution is 6.30. The van der Waals surface area contributed by atoms with Gasteiger partial charge in [-0.05, 0) is 43.2 Å². The fourth-order valence-electron chi connectivity index (χ4n) is 2.41. The number of rotatable bonds is 6. The maximum atomic E-state index is 12.1. The van der Waals surface area contributed by atoms with E-state index in [1.54, 1.807) is 12.1 Å². The van der Waals surface area contributed by atoms with E-state index >= 15 is 0 Å². The lowest BCUT2D eigenvalue weighted by Crippen LogP contribution is -2.27. The number of hydrogen-bond acceptors (Lipinski definition) is 4. The van der Waals surface area contributed by atoms with Crippen LogP contribution in [0.25, 0.3) is 11.4 Å². The standard InChI is InChI=1S/C19H18ClN3O2/c1-13(21-17(24)12-7-14-5-3-2-4-6-14)19-22-18(23-25-19)15-8-10-16(20)11-9-15/h2-6,8-11,13H,7,12H2,1H3,(H,21,24). The van der Waals surface area contributed by atoms with Gasteiger partial charge in [0.15, 0.2) is 0 Å². The van der Waals surface area contributed by atoms with Crippen LogP contribution in [0.4, 0.5) is 0 Å². The van der Waals surface area contributed by atoms with E-state index in [1.807, 2.05) is 49.4 Å². The Labute approximate surface area is 151 Å². The minimum Gasteiger partial charge on any atom is -0.345 e. The quantitative estimate of drug-likeness (QED) is 0.719. The number of nitrogens with one attached hydrogen (secondary N) is 1. The normalized spacial score (nSPS) is 11.9. The minimum atomic E-state index is -0.350. The maximum Gasteiger partial charge on any atom is 0.249 e. The molecule has 3 rings (SSSR count). The Morgan fingerprint density at radius 1 is 1.16 bits per heavy atom. The van der Waals surface area contributed by atoms with Gasteiger partial charge in [0.2, 0.25) is 17.6 Å². The second-order valence-electron chi connectivity index (χ2n) is 5.74. The predicted octanol–water partition coefficient (Wildman–Crippen LogP) is 4.20. The number of halogens is 1. The molecule has 0 aliphatic heterocycles. The van der Waals surface area contributed by atoms with Crippen LogP contribution in [0.15, 0.2) is 59.1 Å². The van der Waals surface area contributed by atoms with E-state index in [9.17, 15) is 4.79 Å². The van der Waals surface area contributed by atoms with E-state index in [1.165, 1.54) is 0 Å². The van der Waals surface area contributed by atoms with Crippen LogP contribution in [0.1, 0.15) is 30.8 Å². The highest BCUT2D eigenvalue weighted by atomic mass is 35.5. The molecular weight excluding hydrogens is 338 g/mol. The van der Waals surface area contributed by atoms with Crippen molar-refractivity contribution in [3.63, 3.8) is 0 Å². The number of amides is 1. The number of hydrogen-bond donors (Lipinski definition) is 1. The summed E-state index contributed by atoms with van der Waals surface area (Å²) < 4.78 is 5.27. The van der Waals surface area contributed by atoms with Gasteiger partial charge in [0.05, 0.1) is 0 Å². The van der Waals surface area contributed by atoms with E-state index in [2.05, 4.69) is 15.5 Å². The van der Waals surface area contributed by atoms with Crippen molar-refractivity contribution < 1.29 is 9.32 Å². The van der Waals surface area contributed by atoms with Gasteiger partial charge < -0.3 is 9.84 Å². The number of aromatic nitrogens is 2. The van der Waals surface area contributed by atoms with E-state index in [0.29, 0.717) is 29.6 Å². The first kappa shape index (κ1) is 17.2. The summed E-state index contributed by atoms with van der Waals surface area (Å²) >= 11 is 5.87. The Bertz CT molecular complexity index is 831. The number of benzene rings is 2. The molecule has 25 heavy (non-hydrogen) atoms. The van der Waals surface area contributed by atoms with Crippen LogP contribution in [-0.2, 0) is 11.2 Å². The molecule has 1 heterocycles. The molecular formula is C19H18ClN3O2. The summed E-state index contributed by atoms with van der Waals surface area (Å²) in [6.07, 6.45) is 1.10. The van der Waals surface area contributed by atoms with Crippen LogP contribution in [0.3, 0.4) is 0 Å². The lowest BCUT2D eigenvalue weighted by molar-refractivity contribution is -0.121. The summed E-state index contributed by atoms with van der Waals surface area (Å²) in [5.41, 5.74) is 1.94. The molecule has 3 aromatic rings. The van der Waals surface area contributed by atoms with Crippen LogP contribution in [0, 0.1) is 0 Å². The van der Waals surface area contributed by atoms with Crippen LogP contribution < -0.4 is 5.32 Å². The van der Waals surface area contributed by atoms with Gasteiger partial charge in [-0.1, -0.05) is 47.1 Å². The van der Waals surface area contributed by atoms with Crippen LogP contribution in [0.5, 0.6) is 0 Å². The van der Waals surface area contributed by atoms with Gasteiger partial charge in [0, 0.05) is 17.0 Å². The average Bonchev–Trinajstić information content (AvgIpc) is 3.12. The average molecular weight is 356 g/mol. The summed E-state index contributed by atoms with van der Waals surface area (Å²) in [6.45, 7) is 1.82. The molecule has 0 bridgehead atoms. The molecule has 0 radical (unpaired) electrons. The summed E-state index contributed by atoms with van der Waals surface area (Å²) in [5.74, 6) is 0.789. The number of carbonyl (C=O) groups is 1. The molecule has 0 saturated heterocycles. The van der Waals surface area contributed by atoms with Crippen molar-refractivity contribution in [2.45, 2.75) is 25.8 Å². The fraction of sp³-hybridized carbons (Fsp3) is 0.211. The largest absolute Gasteiger partial charge is 0.345 e. The van der Waals surface area contributed by atoms with Crippen molar-refractivity contribution in [1.82, 2.24) is 15.5 Å². The monoisotopic (exact) mass is 355 g/mol. The lowest BCUT2D eigenvalue weighted by Gasteiger charge is -2.09. The maximum absolute atomic E-state index is 12.1. The third-order valence-corrected chi connectivity index (χ3v) is 4.03. The van der Waals surface area contributed by atoms with Crippen molar-refractivity contribution >= 4 is 17.5 Å². The fourth-order valence-corrected chi connectivity index (χ4v) is 2.53. The predicted molar refractivity (Wildman–Crippen MR) is 96.1 cm³/mol. The highest BCUT2D eigenvalue weighted by Gasteiger charge is 2.17. The van der Waals surface area contributed by atoms with Gasteiger partial charge in [0.25, 0.3) is 0 Å². The molecule has 0 aliphatic rings. The Morgan fingerprint density at radius 2 is 1.88 bits per heavy atom. The highest BCUT2D eigenvalue weighted by Crippen LogP contribution is 2.20. The topological polar surface area (TPSA) is 68.0 Å². The molecule has 5 nitrogen and oxygen atoms in total. The zero-order chi connectivity index (χ0) is 17.6. The third kappa shape index (κ3) is 4.67. The summed E-state index contributed by atoms with van der Waals surface area (Å²) in [7, 11) is 0. The SMILES string of the molecule is CC(NC(=O)CCc1ccccc1)c1nc(-c2ccc(Cl)cc2)no1. The molecule has 1 atom stereocenters. The van der Waals surface area contributed by atoms with Crippen molar-refractivity contribution in [2.24, 2.45) is 0 Å². The smallest absolute Gasteiger partial charge is 0.249 e. The summed E-state index contributed by atoms with van der Waals surface area (Å²) in [6, 6.07) is 16.7. The summed E-state index contributed by atoms with van der Waals surface area (Å²) in [5, 5.41) is 7.49. The van der Waals surface area contributed by atoms with Crippen molar-refractivity contribution in [2.75, 3.05) is 0 Å². The van der Waals surface area contributed by atoms with Gasteiger partial charge >= 0.3 is 0 Å². The molecule has 0 saturated carbocycles. The second kappa shape index (κ2) is 7.94. The third-order valence-electron chi connectivity index (χ3n) is 3.78. The number of nitrogens with zero attached hydrogens (tertiary/aromatic N) is 2. The molecule has 0 aliphatic carbocycles. The van der Waals surface area contributed by atoms with E-state index < -0.39 is 0 Å². The van der Waals surface area contributed by atoms with Crippen molar-refractivity contribution in [3.05, 3.63) is 71.1 Å². The van der Waals surface area contributed by atoms with Gasteiger partial charge in [-0.25, -0.2) is 0 Å². The van der Waals surface area contributed by atoms with E-state index in [4.69, 9.17) is 16.1 Å². The van der Waals surface area contributed by atoms with Gasteiger partial charge in [-0.3, -0.25) is 4.79 Å². The first-order chi connectivity index (χ1) is 12.1. The van der Waals surface area contributed by atoms with E-state index in [0.717, 1.165) is 11.1 Å². The van der Waals surface area contributed by atoms with E-state index in [-0.39, 0.29) is 11.9 Å². The Hall–Kier alpha value is -2.66. The molecule has 1 amide bonds. The Morgan fingerprint density at radius 3 is 2.60 bits per heavy atom. The molecule has 1 N–H and O–H groups in total. The summed E-state index contributed by atoms with van der Waals surface area (Å²) in [4.78, 5) is 16.4. The molecule has 0 spiro atoms. The molecule has 128 valence electrons. The second-order valence-corrected chi connectivity index (χ2v) is 6.17. The van der Waals surface area contributed by atoms with Crippen LogP contribution >= 0.6 is 11.6 Å². The van der Waals surface area contributed by atoms with Crippen LogP contribution in [-0.4, -0.2) is 16.0 Å². The Kier molecular flexibility index (Phi) is 5.46. The number of carbonyl (C=O) groups excluding carboxylic acids is 1. The molecule has 1 aromatic heterocycles. The van der Waals surface area contributed by atoms with Crippen molar-refractivity contribution in [3.8, 4) is 11.4 Å². The van der Waals surface area contributed by atoms with Gasteiger partial charge in [-0.15, -0.1) is 0 Å². The lowest BCUT2D eigenvalue weighted by atomic mass is 10.1. The Balaban J connectivity index is 1.57. The van der Waals surface area contributed by atoms with Crippen LogP contribution in [0.2, 0.25) is 5.02 Å². The van der Waals surface area contributed by atoms with Gasteiger partial charge in [0.1, 0.15) is 6.04 Å². The van der Waals surface area contributed by atoms with Gasteiger partial charge in [-0.2, -0.15) is 4.98 Å². The zero-order valence-electron chi connectivity index (χ0n) is 13.8. The first-order valence-corrected chi connectivity index (χ1v) is 8.42. The number of aryl methyl sites for hydroxylation is 1. The molecule has 1 unspecified atom stereocenters. The minimum absolute atomic E-state index is 0.0532. The molecule has 2 aromatic carbocycles. The zero-order valence-corrected chi connectivity index (χ0v) is 14.5. The molecule has 6 heteroatoms.